The maximum absolute atomic E-state index is 11.1. The summed E-state index contributed by atoms with van der Waals surface area (Å²) in [6, 6.07) is 0. The van der Waals surface area contributed by atoms with Crippen LogP contribution in [0.1, 0.15) is 29.9 Å². The normalized spacial score (nSPS) is 10.5. The summed E-state index contributed by atoms with van der Waals surface area (Å²) in [6.45, 7) is 6.14. The van der Waals surface area contributed by atoms with Crippen molar-refractivity contribution >= 4 is 17.8 Å². The van der Waals surface area contributed by atoms with E-state index in [-0.39, 0.29) is 12.1 Å². The number of nitrogens with two attached hydrogens (primary N) is 1. The van der Waals surface area contributed by atoms with E-state index >= 15 is 0 Å². The minimum atomic E-state index is -1.07. The van der Waals surface area contributed by atoms with Gasteiger partial charge in [-0.15, -0.1) is 0 Å². The molecule has 0 aliphatic heterocycles. The van der Waals surface area contributed by atoms with Crippen LogP contribution in [0.25, 0.3) is 0 Å². The van der Waals surface area contributed by atoms with Crippen LogP contribution in [-0.2, 0) is 4.79 Å². The Labute approximate surface area is 111 Å². The van der Waals surface area contributed by atoms with E-state index in [0.717, 1.165) is 0 Å². The highest BCUT2D eigenvalue weighted by Gasteiger charge is 2.16. The average Bonchev–Trinajstić information content (AvgIpc) is 2.26. The fraction of sp³-hybridized carbons (Fsp3) is 0.500. The molecule has 0 spiro atoms. The Balaban J connectivity index is 3.05. The third-order valence-corrected chi connectivity index (χ3v) is 2.41. The van der Waals surface area contributed by atoms with Crippen LogP contribution in [0, 0.1) is 12.8 Å². The first-order valence-electron chi connectivity index (χ1n) is 5.91. The maximum atomic E-state index is 11.1. The highest BCUT2D eigenvalue weighted by atomic mass is 16.4. The summed E-state index contributed by atoms with van der Waals surface area (Å²) in [6.07, 6.45) is 1.24. The minimum Gasteiger partial charge on any atom is -0.478 e. The number of anilines is 1. The Hall–Kier alpha value is -2.18. The average molecular weight is 266 g/mol. The van der Waals surface area contributed by atoms with Crippen LogP contribution in [0.3, 0.4) is 0 Å². The number of rotatable bonds is 6. The second kappa shape index (κ2) is 6.12. The van der Waals surface area contributed by atoms with Crippen molar-refractivity contribution < 1.29 is 14.7 Å². The number of carboxylic acid groups (broad SMARTS) is 1. The maximum Gasteiger partial charge on any atom is 0.339 e. The Kier molecular flexibility index (Phi) is 4.80. The molecule has 7 nitrogen and oxygen atoms in total. The van der Waals surface area contributed by atoms with Gasteiger partial charge in [-0.3, -0.25) is 4.79 Å². The van der Waals surface area contributed by atoms with Crippen LogP contribution >= 0.6 is 0 Å². The lowest BCUT2D eigenvalue weighted by Crippen LogP contribution is -2.37. The molecule has 0 saturated carbocycles. The van der Waals surface area contributed by atoms with Crippen molar-refractivity contribution in [2.45, 2.75) is 20.8 Å². The fourth-order valence-corrected chi connectivity index (χ4v) is 1.66. The van der Waals surface area contributed by atoms with Crippen molar-refractivity contribution in [3.63, 3.8) is 0 Å². The number of amides is 1. The summed E-state index contributed by atoms with van der Waals surface area (Å²) in [5.41, 5.74) is 5.60. The molecule has 0 unspecified atom stereocenters. The molecule has 1 rings (SSSR count). The van der Waals surface area contributed by atoms with Gasteiger partial charge in [-0.25, -0.2) is 14.8 Å². The summed E-state index contributed by atoms with van der Waals surface area (Å²) in [4.78, 5) is 31.7. The number of primary amides is 1. The van der Waals surface area contributed by atoms with Crippen molar-refractivity contribution in [1.82, 2.24) is 9.97 Å². The SMILES string of the molecule is Cc1nc(N(CC(N)=O)CC(C)C)ncc1C(=O)O. The van der Waals surface area contributed by atoms with Crippen LogP contribution in [0.5, 0.6) is 0 Å². The first-order valence-corrected chi connectivity index (χ1v) is 5.91. The van der Waals surface area contributed by atoms with Gasteiger partial charge in [-0.05, 0) is 12.8 Å². The lowest BCUT2D eigenvalue weighted by molar-refractivity contribution is -0.116. The molecule has 0 bridgehead atoms. The molecule has 0 aromatic carbocycles. The van der Waals surface area contributed by atoms with Gasteiger partial charge in [-0.2, -0.15) is 0 Å². The van der Waals surface area contributed by atoms with Gasteiger partial charge >= 0.3 is 5.97 Å². The summed E-state index contributed by atoms with van der Waals surface area (Å²) >= 11 is 0. The Morgan fingerprint density at radius 3 is 2.53 bits per heavy atom. The van der Waals surface area contributed by atoms with Crippen LogP contribution in [0.15, 0.2) is 6.20 Å². The molecule has 3 N–H and O–H groups in total. The molecule has 0 saturated heterocycles. The second-order valence-electron chi connectivity index (χ2n) is 4.71. The molecule has 7 heteroatoms. The third-order valence-electron chi connectivity index (χ3n) is 2.41. The number of aromatic nitrogens is 2. The van der Waals surface area contributed by atoms with Crippen molar-refractivity contribution in [2.75, 3.05) is 18.0 Å². The first kappa shape index (κ1) is 14.9. The van der Waals surface area contributed by atoms with Crippen LogP contribution in [0.4, 0.5) is 5.95 Å². The van der Waals surface area contributed by atoms with E-state index in [4.69, 9.17) is 10.8 Å². The van der Waals surface area contributed by atoms with Gasteiger partial charge in [0.15, 0.2) is 0 Å². The fourth-order valence-electron chi connectivity index (χ4n) is 1.66. The quantitative estimate of drug-likeness (QED) is 0.772. The lowest BCUT2D eigenvalue weighted by atomic mass is 10.2. The molecule has 0 radical (unpaired) electrons. The molecule has 1 heterocycles. The van der Waals surface area contributed by atoms with Gasteiger partial charge in [0.05, 0.1) is 17.8 Å². The zero-order valence-corrected chi connectivity index (χ0v) is 11.3. The molecule has 0 atom stereocenters. The predicted octanol–water partition coefficient (Wildman–Crippen LogP) is 0.431. The number of hydrogen-bond donors (Lipinski definition) is 2. The van der Waals surface area contributed by atoms with Gasteiger partial charge in [0.25, 0.3) is 0 Å². The largest absolute Gasteiger partial charge is 0.478 e. The van der Waals surface area contributed by atoms with Crippen molar-refractivity contribution in [1.29, 1.82) is 0 Å². The standard InChI is InChI=1S/C12H18N4O3/c1-7(2)5-16(6-10(13)17)12-14-4-9(11(18)19)8(3)15-12/h4,7H,5-6H2,1-3H3,(H2,13,17)(H,18,19). The van der Waals surface area contributed by atoms with Crippen molar-refractivity contribution in [3.8, 4) is 0 Å². The van der Waals surface area contributed by atoms with Gasteiger partial charge in [0.2, 0.25) is 11.9 Å². The number of nitrogens with zero attached hydrogens (tertiary/aromatic N) is 3. The van der Waals surface area contributed by atoms with Gasteiger partial charge < -0.3 is 15.7 Å². The molecule has 19 heavy (non-hydrogen) atoms. The van der Waals surface area contributed by atoms with Gasteiger partial charge in [0.1, 0.15) is 0 Å². The van der Waals surface area contributed by atoms with E-state index in [1.54, 1.807) is 11.8 Å². The van der Waals surface area contributed by atoms with E-state index in [1.165, 1.54) is 6.20 Å². The number of hydrogen-bond acceptors (Lipinski definition) is 5. The first-order chi connectivity index (χ1) is 8.81. The summed E-state index contributed by atoms with van der Waals surface area (Å²) < 4.78 is 0. The highest BCUT2D eigenvalue weighted by Crippen LogP contribution is 2.13. The summed E-state index contributed by atoms with van der Waals surface area (Å²) in [7, 11) is 0. The van der Waals surface area contributed by atoms with Crippen LogP contribution in [0.2, 0.25) is 0 Å². The monoisotopic (exact) mass is 266 g/mol. The molecule has 1 amide bonds. The molecule has 104 valence electrons. The number of aryl methyl sites for hydroxylation is 1. The third kappa shape index (κ3) is 4.20. The molecule has 1 aromatic rings. The lowest BCUT2D eigenvalue weighted by Gasteiger charge is -2.23. The zero-order chi connectivity index (χ0) is 14.6. The minimum absolute atomic E-state index is 0.00401. The van der Waals surface area contributed by atoms with E-state index in [9.17, 15) is 9.59 Å². The number of carbonyl (C=O) groups excluding carboxylic acids is 1. The highest BCUT2D eigenvalue weighted by molar-refractivity contribution is 5.88. The van der Waals surface area contributed by atoms with Crippen LogP contribution in [-0.4, -0.2) is 40.0 Å². The molecule has 0 aliphatic rings. The molecule has 1 aromatic heterocycles. The van der Waals surface area contributed by atoms with Crippen molar-refractivity contribution in [2.24, 2.45) is 11.7 Å². The topological polar surface area (TPSA) is 109 Å². The summed E-state index contributed by atoms with van der Waals surface area (Å²) in [5.74, 6) is -0.948. The molecule has 0 fully saturated rings. The van der Waals surface area contributed by atoms with Gasteiger partial charge in [-0.1, -0.05) is 13.8 Å². The number of carbonyl (C=O) groups is 2. The molecular weight excluding hydrogens is 248 g/mol. The van der Waals surface area contributed by atoms with E-state index in [2.05, 4.69) is 9.97 Å². The predicted molar refractivity (Wildman–Crippen MR) is 70.0 cm³/mol. The Bertz CT molecular complexity index is 488. The Morgan fingerprint density at radius 2 is 2.11 bits per heavy atom. The van der Waals surface area contributed by atoms with E-state index in [1.807, 2.05) is 13.8 Å². The van der Waals surface area contributed by atoms with E-state index < -0.39 is 11.9 Å². The zero-order valence-electron chi connectivity index (χ0n) is 11.3. The number of carboxylic acids is 1. The summed E-state index contributed by atoms with van der Waals surface area (Å²) in [5, 5.41) is 8.92. The smallest absolute Gasteiger partial charge is 0.339 e. The number of aromatic carboxylic acids is 1. The Morgan fingerprint density at radius 1 is 1.47 bits per heavy atom. The second-order valence-corrected chi connectivity index (χ2v) is 4.71. The molecule has 0 aliphatic carbocycles. The molecular formula is C12H18N4O3. The van der Waals surface area contributed by atoms with Crippen LogP contribution < -0.4 is 10.6 Å². The van der Waals surface area contributed by atoms with Crippen molar-refractivity contribution in [3.05, 3.63) is 17.5 Å². The van der Waals surface area contributed by atoms with E-state index in [0.29, 0.717) is 24.1 Å². The van der Waals surface area contributed by atoms with Gasteiger partial charge in [0, 0.05) is 12.7 Å².